The molecule has 176 valence electrons. The van der Waals surface area contributed by atoms with Gasteiger partial charge in [-0.05, 0) is 55.4 Å². The van der Waals surface area contributed by atoms with Crippen molar-refractivity contribution >= 4 is 15.2 Å². The van der Waals surface area contributed by atoms with Crippen LogP contribution in [0.5, 0.6) is 0 Å². The van der Waals surface area contributed by atoms with Crippen LogP contribution >= 0.6 is 15.2 Å². The summed E-state index contributed by atoms with van der Waals surface area (Å²) < 4.78 is 47.0. The van der Waals surface area contributed by atoms with Gasteiger partial charge in [-0.15, -0.1) is 0 Å². The lowest BCUT2D eigenvalue weighted by Gasteiger charge is -2.22. The average molecular weight is 474 g/mol. The number of aliphatic hydroxyl groups excluding tert-OH is 2. The maximum atomic E-state index is 13.1. The molecule has 0 aliphatic rings. The van der Waals surface area contributed by atoms with E-state index in [1.807, 2.05) is 0 Å². The molecule has 0 saturated heterocycles. The zero-order valence-corrected chi connectivity index (χ0v) is 20.2. The quantitative estimate of drug-likeness (QED) is 0.125. The summed E-state index contributed by atoms with van der Waals surface area (Å²) in [6, 6.07) is 0. The number of hydrogen-bond donors (Lipinski definition) is 2. The normalized spacial score (nSPS) is 15.5. The van der Waals surface area contributed by atoms with Crippen molar-refractivity contribution in [3.05, 3.63) is 33.8 Å². The van der Waals surface area contributed by atoms with E-state index in [4.69, 9.17) is 18.1 Å². The first-order valence-electron chi connectivity index (χ1n) is 9.21. The van der Waals surface area contributed by atoms with Gasteiger partial charge < -0.3 is 20.6 Å². The molecule has 0 aromatic carbocycles. The molecule has 0 aliphatic heterocycles. The summed E-state index contributed by atoms with van der Waals surface area (Å²) >= 11 is 0. The van der Waals surface area contributed by atoms with Crippen LogP contribution in [0.15, 0.2) is 23.4 Å². The molecular formula is C16H32N2O10P2. The van der Waals surface area contributed by atoms with Crippen molar-refractivity contribution in [1.82, 2.24) is 0 Å². The van der Waals surface area contributed by atoms with Crippen molar-refractivity contribution in [3.63, 3.8) is 0 Å². The predicted molar refractivity (Wildman–Crippen MR) is 109 cm³/mol. The van der Waals surface area contributed by atoms with Gasteiger partial charge in [0.15, 0.2) is 12.5 Å². The monoisotopic (exact) mass is 474 g/mol. The van der Waals surface area contributed by atoms with E-state index in [2.05, 4.69) is 0 Å². The van der Waals surface area contributed by atoms with Crippen LogP contribution in [0, 0.1) is 10.4 Å². The molecule has 0 unspecified atom stereocenters. The minimum absolute atomic E-state index is 0.0793. The van der Waals surface area contributed by atoms with Crippen molar-refractivity contribution < 1.29 is 47.2 Å². The Morgan fingerprint density at radius 2 is 0.867 bits per heavy atom. The smallest absolute Gasteiger partial charge is 0.436 e. The van der Waals surface area contributed by atoms with Gasteiger partial charge in [0.1, 0.15) is 0 Å². The molecule has 30 heavy (non-hydrogen) atoms. The third-order valence-corrected chi connectivity index (χ3v) is 7.24. The number of hydrogen-bond acceptors (Lipinski definition) is 10. The van der Waals surface area contributed by atoms with Gasteiger partial charge >= 0.3 is 26.1 Å². The van der Waals surface area contributed by atoms with Crippen LogP contribution in [0.3, 0.4) is 0 Å². The molecule has 0 fully saturated rings. The topological polar surface area (TPSA) is 164 Å². The minimum Gasteiger partial charge on any atom is -0.560 e. The van der Waals surface area contributed by atoms with E-state index in [0.717, 1.165) is 0 Å². The summed E-state index contributed by atoms with van der Waals surface area (Å²) in [6.45, 7) is 12.0. The van der Waals surface area contributed by atoms with Crippen molar-refractivity contribution in [2.24, 2.45) is 0 Å². The second kappa shape index (κ2) is 11.8. The number of azo groups is 1. The Bertz CT molecular complexity index is 669. The van der Waals surface area contributed by atoms with Gasteiger partial charge in [-0.1, -0.05) is 0 Å². The number of rotatable bonds is 12. The first-order valence-corrected chi connectivity index (χ1v) is 12.3. The lowest BCUT2D eigenvalue weighted by atomic mass is 10.5. The van der Waals surface area contributed by atoms with Crippen molar-refractivity contribution in [2.75, 3.05) is 0 Å². The molecule has 0 aliphatic carbocycles. The summed E-state index contributed by atoms with van der Waals surface area (Å²) in [5, 5.41) is 44.5. The first-order chi connectivity index (χ1) is 13.6. The van der Waals surface area contributed by atoms with Crippen LogP contribution in [-0.4, -0.2) is 44.4 Å². The zero-order valence-electron chi connectivity index (χ0n) is 18.4. The predicted octanol–water partition coefficient (Wildman–Crippen LogP) is 5.26. The van der Waals surface area contributed by atoms with E-state index >= 15 is 0 Å². The third kappa shape index (κ3) is 8.02. The second-order valence-corrected chi connectivity index (χ2v) is 10.9. The lowest BCUT2D eigenvalue weighted by Crippen LogP contribution is -2.22. The SMILES string of the molecule is CC(C)OP(=O)(OC(C)C)C(=C\O)/[N+]([O-])=[N+]([O-])/C(=C\O)P(=O)(OC(C)C)OC(C)C. The van der Waals surface area contributed by atoms with E-state index < -0.39 is 60.2 Å². The Morgan fingerprint density at radius 3 is 1.00 bits per heavy atom. The van der Waals surface area contributed by atoms with Gasteiger partial charge in [0.2, 0.25) is 0 Å². The summed E-state index contributed by atoms with van der Waals surface area (Å²) in [5.74, 6) is 0. The largest absolute Gasteiger partial charge is 0.560 e. The van der Waals surface area contributed by atoms with Gasteiger partial charge in [0.05, 0.1) is 34.1 Å². The molecule has 0 rings (SSSR count). The van der Waals surface area contributed by atoms with Crippen molar-refractivity contribution in [3.8, 4) is 0 Å². The molecule has 12 nitrogen and oxygen atoms in total. The highest BCUT2D eigenvalue weighted by molar-refractivity contribution is 7.58. The Morgan fingerprint density at radius 1 is 0.667 bits per heavy atom. The Kier molecular flexibility index (Phi) is 11.3. The van der Waals surface area contributed by atoms with E-state index in [1.54, 1.807) is 0 Å². The van der Waals surface area contributed by atoms with E-state index in [9.17, 15) is 29.8 Å². The Balaban J connectivity index is 6.59. The number of aliphatic hydroxyl groups is 2. The van der Waals surface area contributed by atoms with Crippen LogP contribution in [0.25, 0.3) is 0 Å². The van der Waals surface area contributed by atoms with Crippen LogP contribution in [-0.2, 0) is 27.2 Å². The molecule has 2 N–H and O–H groups in total. The molecule has 0 bridgehead atoms. The summed E-state index contributed by atoms with van der Waals surface area (Å²) in [4.78, 5) is -1.23. The maximum absolute atomic E-state index is 13.1. The molecule has 0 atom stereocenters. The molecule has 0 aromatic rings. The van der Waals surface area contributed by atoms with Crippen LogP contribution in [0.4, 0.5) is 0 Å². The number of nitrogens with zero attached hydrogens (tertiary/aromatic N) is 2. The maximum Gasteiger partial charge on any atom is 0.436 e. The molecule has 0 spiro atoms. The lowest BCUT2D eigenvalue weighted by molar-refractivity contribution is -0.920. The molecule has 14 heteroatoms. The highest BCUT2D eigenvalue weighted by Crippen LogP contribution is 2.60. The highest BCUT2D eigenvalue weighted by Gasteiger charge is 2.49. The Labute approximate surface area is 176 Å². The minimum atomic E-state index is -4.51. The van der Waals surface area contributed by atoms with Gasteiger partial charge in [-0.25, -0.2) is 9.13 Å². The third-order valence-electron chi connectivity index (χ3n) is 2.75. The van der Waals surface area contributed by atoms with E-state index in [0.29, 0.717) is 0 Å². The Hall–Kier alpha value is -1.42. The second-order valence-electron chi connectivity index (χ2n) is 7.13. The highest BCUT2D eigenvalue weighted by atomic mass is 31.2. The molecule has 0 amide bonds. The van der Waals surface area contributed by atoms with Crippen molar-refractivity contribution in [2.45, 2.75) is 79.8 Å². The first kappa shape index (κ1) is 28.6. The van der Waals surface area contributed by atoms with E-state index in [1.165, 1.54) is 55.4 Å². The fraction of sp³-hybridized carbons (Fsp3) is 0.750. The zero-order chi connectivity index (χ0) is 23.9. The molecule has 0 aromatic heterocycles. The van der Waals surface area contributed by atoms with Crippen LogP contribution in [0.1, 0.15) is 55.4 Å². The van der Waals surface area contributed by atoms with Gasteiger partial charge in [-0.2, -0.15) is 0 Å². The van der Waals surface area contributed by atoms with Gasteiger partial charge in [-0.3, -0.25) is 18.1 Å². The fourth-order valence-corrected chi connectivity index (χ4v) is 5.63. The van der Waals surface area contributed by atoms with Crippen molar-refractivity contribution in [1.29, 1.82) is 0 Å². The van der Waals surface area contributed by atoms with Crippen LogP contribution in [0.2, 0.25) is 0 Å². The molecular weight excluding hydrogens is 442 g/mol. The molecule has 0 heterocycles. The molecule has 0 saturated carbocycles. The van der Waals surface area contributed by atoms with E-state index in [-0.39, 0.29) is 12.5 Å². The number of hydroxylamine groups is 2. The van der Waals surface area contributed by atoms with Gasteiger partial charge in [0, 0.05) is 0 Å². The summed E-state index contributed by atoms with van der Waals surface area (Å²) in [7, 11) is -9.01. The summed E-state index contributed by atoms with van der Waals surface area (Å²) in [5.41, 5.74) is -2.19. The summed E-state index contributed by atoms with van der Waals surface area (Å²) in [6.07, 6.45) is -2.71. The van der Waals surface area contributed by atoms with Gasteiger partial charge in [0.25, 0.3) is 0 Å². The fourth-order valence-electron chi connectivity index (χ4n) is 2.01. The standard InChI is InChI=1S/C16H32N2O10P2/c1-11(2)25-29(23,26-12(3)4)15(9-19)17(21)18(22)16(10-20)30(24,27-13(5)6)28-14(7)8/h9-14,19-20H,1-8H3/b15-9-,16-10+,18-17+. The van der Waals surface area contributed by atoms with Crippen LogP contribution < -0.4 is 0 Å². The molecule has 0 radical (unpaired) electrons. The average Bonchev–Trinajstić information content (AvgIpc) is 2.51.